The predicted molar refractivity (Wildman–Crippen MR) is 57.0 cm³/mol. The lowest BCUT2D eigenvalue weighted by atomic mass is 10.0. The van der Waals surface area contributed by atoms with E-state index in [2.05, 4.69) is 20.6 Å². The van der Waals surface area contributed by atoms with Crippen LogP contribution >= 0.6 is 0 Å². The zero-order valence-corrected chi connectivity index (χ0v) is 8.44. The molecule has 0 aromatic rings. The smallest absolute Gasteiger partial charge is 0.250 e. The third kappa shape index (κ3) is 1.52. The third-order valence-electron chi connectivity index (χ3n) is 3.36. The second-order valence-corrected chi connectivity index (χ2v) is 4.29. The molecule has 0 aromatic carbocycles. The Morgan fingerprint density at radius 3 is 3.27 bits per heavy atom. The zero-order chi connectivity index (χ0) is 10.3. The first-order valence-corrected chi connectivity index (χ1v) is 5.46. The molecule has 0 saturated heterocycles. The number of amides is 1. The van der Waals surface area contributed by atoms with Crippen LogP contribution in [0.2, 0.25) is 0 Å². The van der Waals surface area contributed by atoms with Gasteiger partial charge in [-0.3, -0.25) is 20.4 Å². The number of hydrogen-bond donors (Lipinski definition) is 2. The van der Waals surface area contributed by atoms with Crippen LogP contribution in [0.4, 0.5) is 0 Å². The quantitative estimate of drug-likeness (QED) is 0.571. The van der Waals surface area contributed by atoms with E-state index >= 15 is 0 Å². The standard InChI is InChI=1S/C10H14N4O/c15-10-6-2-1-3-7(6)13-9-8(14-10)4-11-5-12-9/h4,6-7,9,12-13H,1-3,5H2. The molecular weight excluding hydrogens is 192 g/mol. The van der Waals surface area contributed by atoms with Crippen molar-refractivity contribution in [3.63, 3.8) is 0 Å². The summed E-state index contributed by atoms with van der Waals surface area (Å²) in [5.41, 5.74) is 0.737. The van der Waals surface area contributed by atoms with Crippen molar-refractivity contribution < 1.29 is 4.79 Å². The summed E-state index contributed by atoms with van der Waals surface area (Å²) in [7, 11) is 0. The van der Waals surface area contributed by atoms with Gasteiger partial charge in [0, 0.05) is 12.3 Å². The Labute approximate surface area is 88.1 Å². The van der Waals surface area contributed by atoms with Crippen molar-refractivity contribution in [3.05, 3.63) is 0 Å². The van der Waals surface area contributed by atoms with Crippen molar-refractivity contribution in [2.45, 2.75) is 31.5 Å². The Bertz CT molecular complexity index is 349. The van der Waals surface area contributed by atoms with Gasteiger partial charge in [-0.05, 0) is 12.8 Å². The van der Waals surface area contributed by atoms with Crippen molar-refractivity contribution in [1.29, 1.82) is 0 Å². The van der Waals surface area contributed by atoms with Crippen molar-refractivity contribution >= 4 is 17.8 Å². The molecule has 0 spiro atoms. The lowest BCUT2D eigenvalue weighted by Crippen LogP contribution is -2.54. The molecule has 3 aliphatic rings. The summed E-state index contributed by atoms with van der Waals surface area (Å²) in [6.07, 6.45) is 4.89. The molecular formula is C10H14N4O. The van der Waals surface area contributed by atoms with E-state index in [0.29, 0.717) is 12.7 Å². The van der Waals surface area contributed by atoms with Gasteiger partial charge in [-0.2, -0.15) is 0 Å². The molecule has 2 aliphatic heterocycles. The molecule has 1 amide bonds. The molecule has 5 heteroatoms. The van der Waals surface area contributed by atoms with Crippen LogP contribution in [0, 0.1) is 5.92 Å². The van der Waals surface area contributed by atoms with E-state index in [0.717, 1.165) is 25.0 Å². The van der Waals surface area contributed by atoms with Crippen molar-refractivity contribution in [3.8, 4) is 0 Å². The Balaban J connectivity index is 1.93. The SMILES string of the molecule is O=C1N=C2C=NCNC2NC2CCCC12. The molecule has 0 aromatic heterocycles. The van der Waals surface area contributed by atoms with E-state index < -0.39 is 0 Å². The molecule has 1 saturated carbocycles. The molecule has 3 unspecified atom stereocenters. The Kier molecular flexibility index (Phi) is 2.14. The fourth-order valence-corrected chi connectivity index (χ4v) is 2.58. The number of hydrogen-bond acceptors (Lipinski definition) is 4. The normalized spacial score (nSPS) is 39.3. The van der Waals surface area contributed by atoms with Crippen LogP contribution in [0.25, 0.3) is 0 Å². The van der Waals surface area contributed by atoms with E-state index in [-0.39, 0.29) is 18.0 Å². The number of aliphatic imine (C=N–C) groups is 2. The van der Waals surface area contributed by atoms with Gasteiger partial charge < -0.3 is 0 Å². The predicted octanol–water partition coefficient (Wildman–Crippen LogP) is -0.317. The molecule has 2 N–H and O–H groups in total. The third-order valence-corrected chi connectivity index (χ3v) is 3.36. The number of nitrogens with zero attached hydrogens (tertiary/aromatic N) is 2. The highest BCUT2D eigenvalue weighted by Gasteiger charge is 2.38. The maximum atomic E-state index is 11.8. The molecule has 15 heavy (non-hydrogen) atoms. The number of carbonyl (C=O) groups is 1. The van der Waals surface area contributed by atoms with Crippen LogP contribution in [0.15, 0.2) is 9.98 Å². The highest BCUT2D eigenvalue weighted by Crippen LogP contribution is 2.28. The van der Waals surface area contributed by atoms with Gasteiger partial charge in [0.05, 0.1) is 18.3 Å². The van der Waals surface area contributed by atoms with Gasteiger partial charge in [0.1, 0.15) is 6.17 Å². The summed E-state index contributed by atoms with van der Waals surface area (Å²) >= 11 is 0. The Morgan fingerprint density at radius 1 is 1.40 bits per heavy atom. The van der Waals surface area contributed by atoms with Gasteiger partial charge in [-0.25, -0.2) is 4.99 Å². The van der Waals surface area contributed by atoms with Crippen LogP contribution in [0.3, 0.4) is 0 Å². The maximum Gasteiger partial charge on any atom is 0.250 e. The van der Waals surface area contributed by atoms with Crippen LogP contribution in [-0.2, 0) is 4.79 Å². The number of nitrogens with one attached hydrogen (secondary N) is 2. The first-order chi connectivity index (χ1) is 7.34. The molecule has 0 radical (unpaired) electrons. The molecule has 3 rings (SSSR count). The van der Waals surface area contributed by atoms with Gasteiger partial charge >= 0.3 is 0 Å². The Morgan fingerprint density at radius 2 is 2.33 bits per heavy atom. The van der Waals surface area contributed by atoms with Gasteiger partial charge in [-0.1, -0.05) is 6.42 Å². The lowest BCUT2D eigenvalue weighted by molar-refractivity contribution is -0.121. The van der Waals surface area contributed by atoms with E-state index in [9.17, 15) is 4.79 Å². The van der Waals surface area contributed by atoms with Gasteiger partial charge in [-0.15, -0.1) is 0 Å². The number of rotatable bonds is 0. The molecule has 3 atom stereocenters. The molecule has 2 heterocycles. The second kappa shape index (κ2) is 3.50. The summed E-state index contributed by atoms with van der Waals surface area (Å²) < 4.78 is 0. The van der Waals surface area contributed by atoms with Crippen LogP contribution < -0.4 is 10.6 Å². The van der Waals surface area contributed by atoms with E-state index in [4.69, 9.17) is 0 Å². The summed E-state index contributed by atoms with van der Waals surface area (Å²) in [5, 5.41) is 6.66. The average Bonchev–Trinajstić information content (AvgIpc) is 2.64. The first-order valence-electron chi connectivity index (χ1n) is 5.46. The van der Waals surface area contributed by atoms with E-state index in [1.807, 2.05) is 0 Å². The number of carbonyl (C=O) groups excluding carboxylic acids is 1. The fraction of sp³-hybridized carbons (Fsp3) is 0.700. The minimum absolute atomic E-state index is 0.0135. The highest BCUT2D eigenvalue weighted by molar-refractivity contribution is 6.35. The molecule has 1 aliphatic carbocycles. The summed E-state index contributed by atoms with van der Waals surface area (Å²) in [6.45, 7) is 0.599. The molecule has 0 bridgehead atoms. The Hall–Kier alpha value is -1.07. The minimum Gasteiger partial charge on any atom is -0.293 e. The molecule has 1 fully saturated rings. The summed E-state index contributed by atoms with van der Waals surface area (Å²) in [5.74, 6) is 0.107. The zero-order valence-electron chi connectivity index (χ0n) is 8.44. The second-order valence-electron chi connectivity index (χ2n) is 4.29. The first kappa shape index (κ1) is 9.18. The van der Waals surface area contributed by atoms with Crippen LogP contribution in [0.1, 0.15) is 19.3 Å². The topological polar surface area (TPSA) is 65.8 Å². The van der Waals surface area contributed by atoms with E-state index in [1.165, 1.54) is 0 Å². The minimum atomic E-state index is 0.0135. The van der Waals surface area contributed by atoms with Crippen LogP contribution in [-0.4, -0.2) is 36.7 Å². The van der Waals surface area contributed by atoms with Gasteiger partial charge in [0.25, 0.3) is 5.91 Å². The van der Waals surface area contributed by atoms with E-state index in [1.54, 1.807) is 6.21 Å². The molecule has 5 nitrogen and oxygen atoms in total. The fourth-order valence-electron chi connectivity index (χ4n) is 2.58. The van der Waals surface area contributed by atoms with Gasteiger partial charge in [0.15, 0.2) is 0 Å². The van der Waals surface area contributed by atoms with Gasteiger partial charge in [0.2, 0.25) is 0 Å². The monoisotopic (exact) mass is 206 g/mol. The van der Waals surface area contributed by atoms with Crippen molar-refractivity contribution in [2.24, 2.45) is 15.9 Å². The molecule has 80 valence electrons. The largest absolute Gasteiger partial charge is 0.293 e. The average molecular weight is 206 g/mol. The van der Waals surface area contributed by atoms with Crippen LogP contribution in [0.5, 0.6) is 0 Å². The summed E-state index contributed by atoms with van der Waals surface area (Å²) in [4.78, 5) is 20.1. The van der Waals surface area contributed by atoms with Crippen molar-refractivity contribution in [2.75, 3.05) is 6.67 Å². The highest BCUT2D eigenvalue weighted by atomic mass is 16.1. The van der Waals surface area contributed by atoms with Crippen molar-refractivity contribution in [1.82, 2.24) is 10.6 Å². The summed E-state index contributed by atoms with van der Waals surface area (Å²) in [6, 6.07) is 0.294. The lowest BCUT2D eigenvalue weighted by Gasteiger charge is -2.24. The number of fused-ring (bicyclic) bond motifs is 2. The maximum absolute atomic E-state index is 11.8.